The van der Waals surface area contributed by atoms with Gasteiger partial charge in [0.2, 0.25) is 5.91 Å². The standard InChI is InChI=1S/C12H15N3O2/c1-9-3-4-10(7-14-9)12(17)15-6-2-5-13-11(16)8-15/h3-4,7H,2,5-6,8H2,1H3,(H,13,16). The fourth-order valence-corrected chi connectivity index (χ4v) is 1.76. The van der Waals surface area contributed by atoms with Gasteiger partial charge in [0.05, 0.1) is 12.1 Å². The largest absolute Gasteiger partial charge is 0.354 e. The summed E-state index contributed by atoms with van der Waals surface area (Å²) in [4.78, 5) is 29.1. The van der Waals surface area contributed by atoms with Crippen LogP contribution in [0.15, 0.2) is 18.3 Å². The Balaban J connectivity index is 2.13. The van der Waals surface area contributed by atoms with Crippen LogP contribution in [0.1, 0.15) is 22.5 Å². The van der Waals surface area contributed by atoms with Crippen molar-refractivity contribution >= 4 is 11.8 Å². The van der Waals surface area contributed by atoms with Crippen LogP contribution in [0, 0.1) is 6.92 Å². The number of hydrogen-bond donors (Lipinski definition) is 1. The van der Waals surface area contributed by atoms with Gasteiger partial charge in [-0.2, -0.15) is 0 Å². The van der Waals surface area contributed by atoms with Gasteiger partial charge in [0.15, 0.2) is 0 Å². The summed E-state index contributed by atoms with van der Waals surface area (Å²) in [5.74, 6) is -0.231. The molecule has 0 bridgehead atoms. The third-order valence-electron chi connectivity index (χ3n) is 2.71. The van der Waals surface area contributed by atoms with Crippen molar-refractivity contribution in [3.05, 3.63) is 29.6 Å². The average molecular weight is 233 g/mol. The van der Waals surface area contributed by atoms with E-state index in [1.807, 2.05) is 6.92 Å². The molecule has 0 unspecified atom stereocenters. The summed E-state index contributed by atoms with van der Waals surface area (Å²) in [5.41, 5.74) is 1.40. The third kappa shape index (κ3) is 2.81. The van der Waals surface area contributed by atoms with E-state index in [0.29, 0.717) is 18.7 Å². The number of carbonyl (C=O) groups is 2. The predicted octanol–water partition coefficient (Wildman–Crippen LogP) is 0.352. The van der Waals surface area contributed by atoms with E-state index in [0.717, 1.165) is 12.1 Å². The molecule has 90 valence electrons. The second-order valence-corrected chi connectivity index (χ2v) is 4.12. The quantitative estimate of drug-likeness (QED) is 0.761. The number of pyridine rings is 1. The van der Waals surface area contributed by atoms with Crippen molar-refractivity contribution in [3.8, 4) is 0 Å². The van der Waals surface area contributed by atoms with Crippen molar-refractivity contribution < 1.29 is 9.59 Å². The van der Waals surface area contributed by atoms with Gasteiger partial charge in [-0.3, -0.25) is 14.6 Å². The maximum absolute atomic E-state index is 12.1. The van der Waals surface area contributed by atoms with Crippen molar-refractivity contribution in [2.45, 2.75) is 13.3 Å². The first-order valence-corrected chi connectivity index (χ1v) is 5.65. The number of amides is 2. The molecule has 5 nitrogen and oxygen atoms in total. The van der Waals surface area contributed by atoms with E-state index in [2.05, 4.69) is 10.3 Å². The van der Waals surface area contributed by atoms with Gasteiger partial charge in [-0.05, 0) is 25.5 Å². The summed E-state index contributed by atoms with van der Waals surface area (Å²) in [6.45, 7) is 3.24. The molecule has 0 radical (unpaired) electrons. The zero-order chi connectivity index (χ0) is 12.3. The SMILES string of the molecule is Cc1ccc(C(=O)N2CCCNC(=O)C2)cn1. The molecule has 1 aromatic rings. The van der Waals surface area contributed by atoms with Crippen molar-refractivity contribution in [1.82, 2.24) is 15.2 Å². The van der Waals surface area contributed by atoms with Crippen LogP contribution in [-0.4, -0.2) is 41.3 Å². The van der Waals surface area contributed by atoms with Gasteiger partial charge < -0.3 is 10.2 Å². The minimum absolute atomic E-state index is 0.101. The van der Waals surface area contributed by atoms with E-state index in [1.54, 1.807) is 23.2 Å². The lowest BCUT2D eigenvalue weighted by Gasteiger charge is -2.18. The number of rotatable bonds is 1. The van der Waals surface area contributed by atoms with Crippen molar-refractivity contribution in [3.63, 3.8) is 0 Å². The lowest BCUT2D eigenvalue weighted by Crippen LogP contribution is -2.37. The Labute approximate surface area is 99.8 Å². The summed E-state index contributed by atoms with van der Waals surface area (Å²) in [7, 11) is 0. The van der Waals surface area contributed by atoms with Crippen LogP contribution in [0.5, 0.6) is 0 Å². The number of nitrogens with zero attached hydrogens (tertiary/aromatic N) is 2. The Hall–Kier alpha value is -1.91. The van der Waals surface area contributed by atoms with Crippen molar-refractivity contribution in [1.29, 1.82) is 0 Å². The molecule has 1 saturated heterocycles. The Morgan fingerprint density at radius 1 is 1.47 bits per heavy atom. The maximum atomic E-state index is 12.1. The molecule has 1 aliphatic heterocycles. The lowest BCUT2D eigenvalue weighted by molar-refractivity contribution is -0.121. The van der Waals surface area contributed by atoms with Crippen LogP contribution >= 0.6 is 0 Å². The highest BCUT2D eigenvalue weighted by atomic mass is 16.2. The lowest BCUT2D eigenvalue weighted by atomic mass is 10.2. The molecule has 1 fully saturated rings. The van der Waals surface area contributed by atoms with Gasteiger partial charge in [0.1, 0.15) is 0 Å². The van der Waals surface area contributed by atoms with Crippen LogP contribution < -0.4 is 5.32 Å². The van der Waals surface area contributed by atoms with E-state index in [1.165, 1.54) is 0 Å². The van der Waals surface area contributed by atoms with Crippen LogP contribution in [0.25, 0.3) is 0 Å². The summed E-state index contributed by atoms with van der Waals surface area (Å²) in [6.07, 6.45) is 2.34. The Morgan fingerprint density at radius 3 is 3.00 bits per heavy atom. The zero-order valence-corrected chi connectivity index (χ0v) is 9.77. The molecule has 0 atom stereocenters. The summed E-state index contributed by atoms with van der Waals surface area (Å²) < 4.78 is 0. The Bertz CT molecular complexity index is 428. The number of aromatic nitrogens is 1. The molecule has 1 N–H and O–H groups in total. The smallest absolute Gasteiger partial charge is 0.255 e. The van der Waals surface area contributed by atoms with E-state index >= 15 is 0 Å². The molecule has 0 spiro atoms. The first-order valence-electron chi connectivity index (χ1n) is 5.65. The molecule has 2 rings (SSSR count). The summed E-state index contributed by atoms with van der Waals surface area (Å²) in [6, 6.07) is 3.54. The van der Waals surface area contributed by atoms with Gasteiger partial charge in [-0.1, -0.05) is 0 Å². The molecule has 0 saturated carbocycles. The zero-order valence-electron chi connectivity index (χ0n) is 9.77. The van der Waals surface area contributed by atoms with Crippen LogP contribution in [0.2, 0.25) is 0 Å². The topological polar surface area (TPSA) is 62.3 Å². The minimum atomic E-state index is -0.130. The predicted molar refractivity (Wildman–Crippen MR) is 62.5 cm³/mol. The van der Waals surface area contributed by atoms with E-state index < -0.39 is 0 Å². The van der Waals surface area contributed by atoms with Crippen LogP contribution in [0.3, 0.4) is 0 Å². The monoisotopic (exact) mass is 233 g/mol. The molecule has 2 amide bonds. The fraction of sp³-hybridized carbons (Fsp3) is 0.417. The van der Waals surface area contributed by atoms with Gasteiger partial charge in [0, 0.05) is 25.0 Å². The van der Waals surface area contributed by atoms with Gasteiger partial charge >= 0.3 is 0 Å². The molecular formula is C12H15N3O2. The highest BCUT2D eigenvalue weighted by Gasteiger charge is 2.20. The Morgan fingerprint density at radius 2 is 2.29 bits per heavy atom. The maximum Gasteiger partial charge on any atom is 0.255 e. The number of carbonyl (C=O) groups excluding carboxylic acids is 2. The van der Waals surface area contributed by atoms with Gasteiger partial charge in [-0.25, -0.2) is 0 Å². The second-order valence-electron chi connectivity index (χ2n) is 4.12. The molecule has 0 aliphatic carbocycles. The summed E-state index contributed by atoms with van der Waals surface area (Å²) in [5, 5.41) is 2.74. The molecule has 1 aromatic heterocycles. The molecule has 0 aromatic carbocycles. The third-order valence-corrected chi connectivity index (χ3v) is 2.71. The van der Waals surface area contributed by atoms with Gasteiger partial charge in [0.25, 0.3) is 5.91 Å². The van der Waals surface area contributed by atoms with Crippen molar-refractivity contribution in [2.75, 3.05) is 19.6 Å². The van der Waals surface area contributed by atoms with Gasteiger partial charge in [-0.15, -0.1) is 0 Å². The molecule has 2 heterocycles. The molecule has 5 heteroatoms. The van der Waals surface area contributed by atoms with Crippen LogP contribution in [-0.2, 0) is 4.79 Å². The first-order chi connectivity index (χ1) is 8.16. The normalized spacial score (nSPS) is 16.3. The highest BCUT2D eigenvalue weighted by molar-refractivity contribution is 5.96. The van der Waals surface area contributed by atoms with E-state index in [9.17, 15) is 9.59 Å². The number of hydrogen-bond acceptors (Lipinski definition) is 3. The Kier molecular flexibility index (Phi) is 3.37. The first kappa shape index (κ1) is 11.6. The minimum Gasteiger partial charge on any atom is -0.354 e. The average Bonchev–Trinajstić information content (AvgIpc) is 2.54. The molecular weight excluding hydrogens is 218 g/mol. The molecule has 1 aliphatic rings. The van der Waals surface area contributed by atoms with Crippen LogP contribution in [0.4, 0.5) is 0 Å². The van der Waals surface area contributed by atoms with Crippen molar-refractivity contribution in [2.24, 2.45) is 0 Å². The number of aryl methyl sites for hydroxylation is 1. The second kappa shape index (κ2) is 4.95. The van der Waals surface area contributed by atoms with E-state index in [-0.39, 0.29) is 18.4 Å². The van der Waals surface area contributed by atoms with E-state index in [4.69, 9.17) is 0 Å². The summed E-state index contributed by atoms with van der Waals surface area (Å²) >= 11 is 0. The fourth-order valence-electron chi connectivity index (χ4n) is 1.76. The number of nitrogens with one attached hydrogen (secondary N) is 1. The molecule has 17 heavy (non-hydrogen) atoms. The highest BCUT2D eigenvalue weighted by Crippen LogP contribution is 2.06.